The molecule has 2 aliphatic rings. The van der Waals surface area contributed by atoms with Crippen LogP contribution in [0.5, 0.6) is 0 Å². The molecule has 16 heavy (non-hydrogen) atoms. The Morgan fingerprint density at radius 1 is 1.31 bits per heavy atom. The van der Waals surface area contributed by atoms with Gasteiger partial charge in [0.1, 0.15) is 0 Å². The van der Waals surface area contributed by atoms with E-state index >= 15 is 0 Å². The van der Waals surface area contributed by atoms with Gasteiger partial charge in [-0.25, -0.2) is 0 Å². The fourth-order valence-corrected chi connectivity index (χ4v) is 2.99. The third kappa shape index (κ3) is 2.27. The minimum absolute atomic E-state index is 0.811. The number of aromatic nitrogens is 1. The predicted octanol–water partition coefficient (Wildman–Crippen LogP) is 0.232. The van der Waals surface area contributed by atoms with Gasteiger partial charge in [0, 0.05) is 62.9 Å². The zero-order valence-electron chi connectivity index (χ0n) is 9.43. The number of nitrogens with one attached hydrogen (secondary N) is 1. The second kappa shape index (κ2) is 4.79. The second-order valence-corrected chi connectivity index (χ2v) is 5.56. The summed E-state index contributed by atoms with van der Waals surface area (Å²) in [6, 6.07) is 0.811. The van der Waals surface area contributed by atoms with Crippen LogP contribution in [0, 0.1) is 0 Å². The molecule has 0 aliphatic carbocycles. The zero-order valence-corrected chi connectivity index (χ0v) is 10.2. The van der Waals surface area contributed by atoms with Crippen molar-refractivity contribution in [1.82, 2.24) is 20.1 Å². The lowest BCUT2D eigenvalue weighted by Crippen LogP contribution is -2.61. The number of thiazole rings is 1. The van der Waals surface area contributed by atoms with Crippen molar-refractivity contribution in [2.45, 2.75) is 12.6 Å². The highest BCUT2D eigenvalue weighted by molar-refractivity contribution is 7.09. The molecule has 0 radical (unpaired) electrons. The van der Waals surface area contributed by atoms with Crippen LogP contribution in [-0.4, -0.2) is 60.1 Å². The highest BCUT2D eigenvalue weighted by Crippen LogP contribution is 2.14. The molecule has 4 nitrogen and oxygen atoms in total. The monoisotopic (exact) mass is 238 g/mol. The smallest absolute Gasteiger partial charge is 0.0794 e. The molecule has 2 fully saturated rings. The van der Waals surface area contributed by atoms with Gasteiger partial charge >= 0.3 is 0 Å². The fraction of sp³-hybridized carbons (Fsp3) is 0.727. The molecule has 0 bridgehead atoms. The minimum Gasteiger partial charge on any atom is -0.314 e. The van der Waals surface area contributed by atoms with E-state index < -0.39 is 0 Å². The fourth-order valence-electron chi connectivity index (χ4n) is 2.36. The van der Waals surface area contributed by atoms with E-state index in [1.54, 1.807) is 11.3 Å². The first-order chi connectivity index (χ1) is 7.92. The maximum atomic E-state index is 4.13. The summed E-state index contributed by atoms with van der Waals surface area (Å²) in [5, 5.41) is 3.34. The molecule has 1 aromatic heterocycles. The van der Waals surface area contributed by atoms with Crippen LogP contribution in [0.4, 0.5) is 0 Å². The Bertz CT molecular complexity index is 315. The van der Waals surface area contributed by atoms with Crippen LogP contribution >= 0.6 is 11.3 Å². The van der Waals surface area contributed by atoms with Crippen molar-refractivity contribution in [2.24, 2.45) is 0 Å². The largest absolute Gasteiger partial charge is 0.314 e. The number of piperazine rings is 1. The second-order valence-electron chi connectivity index (χ2n) is 4.59. The summed E-state index contributed by atoms with van der Waals surface area (Å²) in [5.41, 5.74) is 1.92. The van der Waals surface area contributed by atoms with E-state index in [-0.39, 0.29) is 0 Å². The minimum atomic E-state index is 0.811. The summed E-state index contributed by atoms with van der Waals surface area (Å²) in [7, 11) is 0. The lowest BCUT2D eigenvalue weighted by molar-refractivity contribution is 0.0700. The van der Waals surface area contributed by atoms with Gasteiger partial charge in [0.25, 0.3) is 0 Å². The van der Waals surface area contributed by atoms with Crippen molar-refractivity contribution < 1.29 is 0 Å². The molecule has 2 aliphatic heterocycles. The average molecular weight is 238 g/mol. The standard InChI is InChI=1S/C11H18N4S/c1-3-15(10-5-12-6-10)4-2-14(1)8-11-7-13-9-16-11/h7,9-10,12H,1-6,8H2. The number of rotatable bonds is 3. The molecule has 0 saturated carbocycles. The van der Waals surface area contributed by atoms with Crippen LogP contribution in [0.2, 0.25) is 0 Å². The van der Waals surface area contributed by atoms with E-state index in [9.17, 15) is 0 Å². The molecule has 0 amide bonds. The van der Waals surface area contributed by atoms with E-state index in [1.165, 1.54) is 44.1 Å². The summed E-state index contributed by atoms with van der Waals surface area (Å²) in [4.78, 5) is 10.7. The molecule has 88 valence electrons. The lowest BCUT2D eigenvalue weighted by Gasteiger charge is -2.43. The number of hydrogen-bond donors (Lipinski definition) is 1. The molecule has 0 aromatic carbocycles. The maximum Gasteiger partial charge on any atom is 0.0794 e. The Labute approximate surface area is 100 Å². The molecule has 5 heteroatoms. The van der Waals surface area contributed by atoms with Gasteiger partial charge < -0.3 is 5.32 Å². The van der Waals surface area contributed by atoms with Crippen molar-refractivity contribution in [1.29, 1.82) is 0 Å². The summed E-state index contributed by atoms with van der Waals surface area (Å²) < 4.78 is 0. The van der Waals surface area contributed by atoms with Crippen LogP contribution in [0.3, 0.4) is 0 Å². The average Bonchev–Trinajstić information content (AvgIpc) is 2.71. The van der Waals surface area contributed by atoms with E-state index in [2.05, 4.69) is 20.1 Å². The molecule has 3 heterocycles. The molecule has 1 aromatic rings. The van der Waals surface area contributed by atoms with Crippen LogP contribution < -0.4 is 5.32 Å². The van der Waals surface area contributed by atoms with Crippen molar-refractivity contribution in [3.05, 3.63) is 16.6 Å². The Morgan fingerprint density at radius 2 is 2.12 bits per heavy atom. The summed E-state index contributed by atoms with van der Waals surface area (Å²) in [5.74, 6) is 0. The van der Waals surface area contributed by atoms with Crippen LogP contribution in [0.25, 0.3) is 0 Å². The Balaban J connectivity index is 1.47. The van der Waals surface area contributed by atoms with Crippen molar-refractivity contribution >= 4 is 11.3 Å². The Hall–Kier alpha value is -0.490. The SMILES string of the molecule is c1ncc(CN2CCN(C3CNC3)CC2)s1. The van der Waals surface area contributed by atoms with Gasteiger partial charge in [0.05, 0.1) is 5.51 Å². The van der Waals surface area contributed by atoms with Gasteiger partial charge in [-0.15, -0.1) is 11.3 Å². The van der Waals surface area contributed by atoms with Crippen LogP contribution in [0.15, 0.2) is 11.7 Å². The molecule has 0 spiro atoms. The highest BCUT2D eigenvalue weighted by Gasteiger charge is 2.27. The van der Waals surface area contributed by atoms with Gasteiger partial charge in [-0.1, -0.05) is 0 Å². The summed E-state index contributed by atoms with van der Waals surface area (Å²) >= 11 is 1.76. The zero-order chi connectivity index (χ0) is 10.8. The first-order valence-electron chi connectivity index (χ1n) is 5.96. The molecule has 1 N–H and O–H groups in total. The predicted molar refractivity (Wildman–Crippen MR) is 65.6 cm³/mol. The Kier molecular flexibility index (Phi) is 3.19. The van der Waals surface area contributed by atoms with Gasteiger partial charge in [0.2, 0.25) is 0 Å². The normalized spacial score (nSPS) is 24.5. The lowest BCUT2D eigenvalue weighted by atomic mass is 10.1. The first-order valence-corrected chi connectivity index (χ1v) is 6.84. The van der Waals surface area contributed by atoms with E-state index in [4.69, 9.17) is 0 Å². The van der Waals surface area contributed by atoms with Crippen molar-refractivity contribution in [2.75, 3.05) is 39.3 Å². The maximum absolute atomic E-state index is 4.13. The van der Waals surface area contributed by atoms with Crippen molar-refractivity contribution in [3.63, 3.8) is 0 Å². The van der Waals surface area contributed by atoms with Crippen LogP contribution in [0.1, 0.15) is 4.88 Å². The molecule has 0 atom stereocenters. The third-order valence-electron chi connectivity index (χ3n) is 3.55. The summed E-state index contributed by atoms with van der Waals surface area (Å²) in [6.45, 7) is 8.32. The number of hydrogen-bond acceptors (Lipinski definition) is 5. The van der Waals surface area contributed by atoms with Crippen molar-refractivity contribution in [3.8, 4) is 0 Å². The van der Waals surface area contributed by atoms with Gasteiger partial charge in [0.15, 0.2) is 0 Å². The summed E-state index contributed by atoms with van der Waals surface area (Å²) in [6.07, 6.45) is 1.99. The molecule has 3 rings (SSSR count). The first kappa shape index (κ1) is 10.7. The Morgan fingerprint density at radius 3 is 2.69 bits per heavy atom. The van der Waals surface area contributed by atoms with E-state index in [1.807, 2.05) is 11.7 Å². The van der Waals surface area contributed by atoms with Gasteiger partial charge in [-0.05, 0) is 0 Å². The van der Waals surface area contributed by atoms with Gasteiger partial charge in [-0.2, -0.15) is 0 Å². The topological polar surface area (TPSA) is 31.4 Å². The van der Waals surface area contributed by atoms with Gasteiger partial charge in [-0.3, -0.25) is 14.8 Å². The highest BCUT2D eigenvalue weighted by atomic mass is 32.1. The molecular weight excluding hydrogens is 220 g/mol. The molecular formula is C11H18N4S. The third-order valence-corrected chi connectivity index (χ3v) is 4.31. The quantitative estimate of drug-likeness (QED) is 0.817. The van der Waals surface area contributed by atoms with E-state index in [0.29, 0.717) is 0 Å². The van der Waals surface area contributed by atoms with Crippen LogP contribution in [-0.2, 0) is 6.54 Å². The molecule has 2 saturated heterocycles. The van der Waals surface area contributed by atoms with E-state index in [0.717, 1.165) is 12.6 Å². The molecule has 0 unspecified atom stereocenters. The number of nitrogens with zero attached hydrogens (tertiary/aromatic N) is 3.